The minimum absolute atomic E-state index is 0.0445. The average Bonchev–Trinajstić information content (AvgIpc) is 2.93. The first-order valence-electron chi connectivity index (χ1n) is 5.55. The first-order valence-corrected chi connectivity index (χ1v) is 7.79. The Bertz CT molecular complexity index is 685. The summed E-state index contributed by atoms with van der Waals surface area (Å²) in [6.45, 7) is -0.436. The molecule has 0 spiro atoms. The van der Waals surface area contributed by atoms with Gasteiger partial charge in [-0.3, -0.25) is 0 Å². The molecule has 0 aliphatic carbocycles. The number of rotatable bonds is 5. The van der Waals surface area contributed by atoms with Crippen molar-refractivity contribution in [1.82, 2.24) is 4.72 Å². The van der Waals surface area contributed by atoms with E-state index in [0.717, 1.165) is 0 Å². The fourth-order valence-electron chi connectivity index (χ4n) is 1.57. The minimum Gasteiger partial charge on any atom is -0.468 e. The van der Waals surface area contributed by atoms with E-state index in [4.69, 9.17) is 27.6 Å². The third kappa shape index (κ3) is 3.34. The van der Waals surface area contributed by atoms with Gasteiger partial charge in [0.05, 0.1) is 27.8 Å². The summed E-state index contributed by atoms with van der Waals surface area (Å²) >= 11 is 11.5. The molecule has 0 saturated heterocycles. The van der Waals surface area contributed by atoms with Crippen molar-refractivity contribution in [3.8, 4) is 0 Å². The van der Waals surface area contributed by atoms with E-state index in [1.54, 1.807) is 12.1 Å². The Morgan fingerprint density at radius 1 is 1.25 bits per heavy atom. The SMILES string of the molecule is O=S(=O)(NC(CO)c1ccco1)c1ccc(Cl)c(Cl)c1. The molecule has 1 aromatic heterocycles. The lowest BCUT2D eigenvalue weighted by Crippen LogP contribution is -2.30. The van der Waals surface area contributed by atoms with Crippen molar-refractivity contribution in [3.05, 3.63) is 52.4 Å². The third-order valence-electron chi connectivity index (χ3n) is 2.57. The highest BCUT2D eigenvalue weighted by atomic mass is 35.5. The topological polar surface area (TPSA) is 79.5 Å². The molecule has 1 heterocycles. The number of hydrogen-bond acceptors (Lipinski definition) is 4. The van der Waals surface area contributed by atoms with Gasteiger partial charge in [-0.1, -0.05) is 23.2 Å². The number of halogens is 2. The van der Waals surface area contributed by atoms with Gasteiger partial charge in [0.15, 0.2) is 0 Å². The van der Waals surface area contributed by atoms with Crippen LogP contribution < -0.4 is 4.72 Å². The van der Waals surface area contributed by atoms with Crippen molar-refractivity contribution in [2.45, 2.75) is 10.9 Å². The standard InChI is InChI=1S/C12H11Cl2NO4S/c13-9-4-3-8(6-10(9)14)20(17,18)15-11(7-16)12-2-1-5-19-12/h1-6,11,15-16H,7H2. The van der Waals surface area contributed by atoms with Crippen LogP contribution in [0.1, 0.15) is 11.8 Å². The maximum Gasteiger partial charge on any atom is 0.241 e. The summed E-state index contributed by atoms with van der Waals surface area (Å²) in [6.07, 6.45) is 1.39. The van der Waals surface area contributed by atoms with Gasteiger partial charge in [0.25, 0.3) is 0 Å². The molecule has 0 bridgehead atoms. The van der Waals surface area contributed by atoms with Crippen molar-refractivity contribution in [2.24, 2.45) is 0 Å². The first kappa shape index (κ1) is 15.3. The van der Waals surface area contributed by atoms with Crippen LogP contribution in [0.2, 0.25) is 10.0 Å². The van der Waals surface area contributed by atoms with E-state index in [0.29, 0.717) is 5.76 Å². The van der Waals surface area contributed by atoms with Crippen molar-refractivity contribution in [2.75, 3.05) is 6.61 Å². The van der Waals surface area contributed by atoms with Crippen LogP contribution in [0, 0.1) is 0 Å². The summed E-state index contributed by atoms with van der Waals surface area (Å²) < 4.78 is 31.8. The van der Waals surface area contributed by atoms with Crippen molar-refractivity contribution in [1.29, 1.82) is 0 Å². The molecule has 0 fully saturated rings. The van der Waals surface area contributed by atoms with Crippen LogP contribution >= 0.6 is 23.2 Å². The molecule has 0 aliphatic rings. The van der Waals surface area contributed by atoms with Gasteiger partial charge in [-0.25, -0.2) is 8.42 Å². The molecule has 0 amide bonds. The van der Waals surface area contributed by atoms with Gasteiger partial charge in [-0.2, -0.15) is 4.72 Å². The quantitative estimate of drug-likeness (QED) is 0.880. The van der Waals surface area contributed by atoms with Crippen molar-refractivity contribution in [3.63, 3.8) is 0 Å². The molecular weight excluding hydrogens is 325 g/mol. The predicted molar refractivity (Wildman–Crippen MR) is 75.3 cm³/mol. The number of furan rings is 1. The van der Waals surface area contributed by atoms with Gasteiger partial charge in [0.2, 0.25) is 10.0 Å². The second-order valence-electron chi connectivity index (χ2n) is 3.95. The Hall–Kier alpha value is -1.05. The molecule has 0 saturated carbocycles. The molecule has 0 radical (unpaired) electrons. The maximum atomic E-state index is 12.2. The molecule has 108 valence electrons. The second-order valence-corrected chi connectivity index (χ2v) is 6.48. The van der Waals surface area contributed by atoms with Gasteiger partial charge in [-0.15, -0.1) is 0 Å². The molecule has 5 nitrogen and oxygen atoms in total. The summed E-state index contributed by atoms with van der Waals surface area (Å²) in [5.41, 5.74) is 0. The van der Waals surface area contributed by atoms with Crippen LogP contribution in [0.25, 0.3) is 0 Å². The number of aliphatic hydroxyl groups is 1. The lowest BCUT2D eigenvalue weighted by Gasteiger charge is -2.14. The van der Waals surface area contributed by atoms with E-state index >= 15 is 0 Å². The molecule has 1 atom stereocenters. The number of sulfonamides is 1. The predicted octanol–water partition coefficient (Wildman–Crippen LogP) is 2.60. The van der Waals surface area contributed by atoms with E-state index in [1.807, 2.05) is 0 Å². The van der Waals surface area contributed by atoms with E-state index in [1.165, 1.54) is 24.5 Å². The molecule has 8 heteroatoms. The Kier molecular flexibility index (Phi) is 4.72. The molecule has 2 rings (SSSR count). The van der Waals surface area contributed by atoms with Crippen LogP contribution in [-0.2, 0) is 10.0 Å². The van der Waals surface area contributed by atoms with Crippen LogP contribution in [0.15, 0.2) is 45.9 Å². The Balaban J connectivity index is 2.28. The van der Waals surface area contributed by atoms with E-state index < -0.39 is 22.7 Å². The van der Waals surface area contributed by atoms with Crippen LogP contribution in [0.5, 0.6) is 0 Å². The fourth-order valence-corrected chi connectivity index (χ4v) is 3.16. The largest absolute Gasteiger partial charge is 0.468 e. The lowest BCUT2D eigenvalue weighted by atomic mass is 10.2. The van der Waals surface area contributed by atoms with Crippen LogP contribution in [0.4, 0.5) is 0 Å². The zero-order valence-electron chi connectivity index (χ0n) is 10.1. The zero-order valence-corrected chi connectivity index (χ0v) is 12.4. The Morgan fingerprint density at radius 3 is 2.55 bits per heavy atom. The molecular formula is C12H11Cl2NO4S. The number of benzene rings is 1. The smallest absolute Gasteiger partial charge is 0.241 e. The molecule has 2 aromatic rings. The number of hydrogen-bond donors (Lipinski definition) is 2. The van der Waals surface area contributed by atoms with E-state index in [2.05, 4.69) is 4.72 Å². The van der Waals surface area contributed by atoms with Gasteiger partial charge in [-0.05, 0) is 30.3 Å². The lowest BCUT2D eigenvalue weighted by molar-refractivity contribution is 0.242. The normalized spacial score (nSPS) is 13.3. The average molecular weight is 336 g/mol. The van der Waals surface area contributed by atoms with Crippen molar-refractivity contribution < 1.29 is 17.9 Å². The van der Waals surface area contributed by atoms with Crippen molar-refractivity contribution >= 4 is 33.2 Å². The molecule has 2 N–H and O–H groups in total. The monoisotopic (exact) mass is 335 g/mol. The minimum atomic E-state index is -3.85. The van der Waals surface area contributed by atoms with Crippen LogP contribution in [0.3, 0.4) is 0 Å². The molecule has 1 aromatic carbocycles. The fraction of sp³-hybridized carbons (Fsp3) is 0.167. The summed E-state index contributed by atoms with van der Waals surface area (Å²) in [6, 6.07) is 6.25. The summed E-state index contributed by atoms with van der Waals surface area (Å²) in [5.74, 6) is 0.316. The first-order chi connectivity index (χ1) is 9.44. The van der Waals surface area contributed by atoms with Crippen LogP contribution in [-0.4, -0.2) is 20.1 Å². The highest BCUT2D eigenvalue weighted by molar-refractivity contribution is 7.89. The Morgan fingerprint density at radius 2 is 2.00 bits per heavy atom. The number of nitrogens with one attached hydrogen (secondary N) is 1. The molecule has 0 aliphatic heterocycles. The second kappa shape index (κ2) is 6.15. The molecule has 1 unspecified atom stereocenters. The summed E-state index contributed by atoms with van der Waals surface area (Å²) in [4.78, 5) is -0.0445. The van der Waals surface area contributed by atoms with Gasteiger partial charge in [0.1, 0.15) is 11.8 Å². The highest BCUT2D eigenvalue weighted by Gasteiger charge is 2.23. The molecule has 20 heavy (non-hydrogen) atoms. The Labute approximate surface area is 126 Å². The zero-order chi connectivity index (χ0) is 14.8. The van der Waals surface area contributed by atoms with E-state index in [-0.39, 0.29) is 14.9 Å². The third-order valence-corrected chi connectivity index (χ3v) is 4.78. The summed E-state index contributed by atoms with van der Waals surface area (Å²) in [7, 11) is -3.85. The number of aliphatic hydroxyl groups excluding tert-OH is 1. The van der Waals surface area contributed by atoms with Gasteiger partial charge < -0.3 is 9.52 Å². The maximum absolute atomic E-state index is 12.2. The van der Waals surface area contributed by atoms with Gasteiger partial charge >= 0.3 is 0 Å². The summed E-state index contributed by atoms with van der Waals surface area (Å²) in [5, 5.41) is 9.66. The van der Waals surface area contributed by atoms with E-state index in [9.17, 15) is 13.5 Å². The highest BCUT2D eigenvalue weighted by Crippen LogP contribution is 2.25. The van der Waals surface area contributed by atoms with Gasteiger partial charge in [0, 0.05) is 0 Å².